The standard InChI is InChI=1S/C14H24N2/c1-5-8-9-14(15)10-13(11-16-4)12(6-2)7-3/h6,10-11H,4-5,7-9,15H2,1-3H3/b12-6+,13-11+,14-10+. The van der Waals surface area contributed by atoms with E-state index < -0.39 is 0 Å². The Hall–Kier alpha value is -1.31. The van der Waals surface area contributed by atoms with Crippen molar-refractivity contribution in [1.29, 1.82) is 0 Å². The molecule has 0 radical (unpaired) electrons. The molecule has 0 aliphatic heterocycles. The number of hydrogen-bond donors (Lipinski definition) is 1. The third kappa shape index (κ3) is 5.54. The van der Waals surface area contributed by atoms with Crippen molar-refractivity contribution in [3.05, 3.63) is 35.2 Å². The van der Waals surface area contributed by atoms with E-state index in [1.165, 1.54) is 5.57 Å². The lowest BCUT2D eigenvalue weighted by Gasteiger charge is -2.06. The smallest absolute Gasteiger partial charge is 0.0336 e. The molecule has 0 saturated carbocycles. The van der Waals surface area contributed by atoms with Gasteiger partial charge >= 0.3 is 0 Å². The van der Waals surface area contributed by atoms with Gasteiger partial charge in [0.1, 0.15) is 0 Å². The van der Waals surface area contributed by atoms with Gasteiger partial charge in [-0.1, -0.05) is 26.3 Å². The van der Waals surface area contributed by atoms with Gasteiger partial charge in [-0.15, -0.1) is 0 Å². The molecule has 90 valence electrons. The Balaban J connectivity index is 4.81. The molecule has 0 bridgehead atoms. The van der Waals surface area contributed by atoms with Crippen LogP contribution in [-0.2, 0) is 0 Å². The highest BCUT2D eigenvalue weighted by Gasteiger charge is 2.00. The lowest BCUT2D eigenvalue weighted by Crippen LogP contribution is -1.98. The van der Waals surface area contributed by atoms with E-state index in [0.29, 0.717) is 0 Å². The molecule has 0 amide bonds. The summed E-state index contributed by atoms with van der Waals surface area (Å²) < 4.78 is 0. The van der Waals surface area contributed by atoms with E-state index in [1.807, 2.05) is 13.0 Å². The van der Waals surface area contributed by atoms with Gasteiger partial charge in [0.2, 0.25) is 0 Å². The number of unbranched alkanes of at least 4 members (excludes halogenated alkanes) is 1. The molecule has 0 aromatic rings. The van der Waals surface area contributed by atoms with Crippen LogP contribution in [0.25, 0.3) is 0 Å². The van der Waals surface area contributed by atoms with Crippen LogP contribution in [0.1, 0.15) is 46.5 Å². The van der Waals surface area contributed by atoms with Crippen molar-refractivity contribution in [2.24, 2.45) is 10.7 Å². The van der Waals surface area contributed by atoms with Gasteiger partial charge in [-0.3, -0.25) is 4.99 Å². The number of nitrogens with zero attached hydrogens (tertiary/aromatic N) is 1. The van der Waals surface area contributed by atoms with E-state index in [4.69, 9.17) is 5.73 Å². The molecule has 0 aromatic heterocycles. The molecule has 0 aromatic carbocycles. The third-order valence-corrected chi connectivity index (χ3v) is 2.49. The molecule has 2 nitrogen and oxygen atoms in total. The normalized spacial score (nSPS) is 14.1. The zero-order chi connectivity index (χ0) is 12.4. The van der Waals surface area contributed by atoms with Crippen molar-refractivity contribution in [2.45, 2.75) is 46.5 Å². The first-order valence-corrected chi connectivity index (χ1v) is 5.97. The Morgan fingerprint density at radius 1 is 1.38 bits per heavy atom. The highest BCUT2D eigenvalue weighted by Crippen LogP contribution is 2.17. The first-order chi connectivity index (χ1) is 7.69. The van der Waals surface area contributed by atoms with Gasteiger partial charge in [-0.25, -0.2) is 0 Å². The summed E-state index contributed by atoms with van der Waals surface area (Å²) in [6.07, 6.45) is 10.1. The topological polar surface area (TPSA) is 38.4 Å². The zero-order valence-corrected chi connectivity index (χ0v) is 10.8. The first kappa shape index (κ1) is 14.7. The lowest BCUT2D eigenvalue weighted by molar-refractivity contribution is 0.780. The molecular weight excluding hydrogens is 196 g/mol. The molecule has 16 heavy (non-hydrogen) atoms. The summed E-state index contributed by atoms with van der Waals surface area (Å²) in [5, 5.41) is 0. The van der Waals surface area contributed by atoms with Crippen molar-refractivity contribution < 1.29 is 0 Å². The summed E-state index contributed by atoms with van der Waals surface area (Å²) >= 11 is 0. The van der Waals surface area contributed by atoms with Crippen molar-refractivity contribution >= 4 is 6.72 Å². The van der Waals surface area contributed by atoms with Crippen LogP contribution in [0.15, 0.2) is 40.2 Å². The van der Waals surface area contributed by atoms with Crippen molar-refractivity contribution in [3.8, 4) is 0 Å². The average molecular weight is 220 g/mol. The fraction of sp³-hybridized carbons (Fsp3) is 0.500. The van der Waals surface area contributed by atoms with Crippen LogP contribution in [0.4, 0.5) is 0 Å². The first-order valence-electron chi connectivity index (χ1n) is 5.97. The van der Waals surface area contributed by atoms with E-state index in [9.17, 15) is 0 Å². The fourth-order valence-corrected chi connectivity index (χ4v) is 1.54. The van der Waals surface area contributed by atoms with Crippen LogP contribution in [0.5, 0.6) is 0 Å². The van der Waals surface area contributed by atoms with E-state index in [-0.39, 0.29) is 0 Å². The maximum atomic E-state index is 5.97. The second-order valence-corrected chi connectivity index (χ2v) is 3.76. The van der Waals surface area contributed by atoms with Gasteiger partial charge in [-0.2, -0.15) is 0 Å². The molecule has 0 heterocycles. The molecular formula is C14H24N2. The fourth-order valence-electron chi connectivity index (χ4n) is 1.54. The van der Waals surface area contributed by atoms with Crippen molar-refractivity contribution in [2.75, 3.05) is 0 Å². The van der Waals surface area contributed by atoms with Crippen molar-refractivity contribution in [1.82, 2.24) is 0 Å². The Morgan fingerprint density at radius 3 is 2.50 bits per heavy atom. The van der Waals surface area contributed by atoms with Gasteiger partial charge in [0.15, 0.2) is 0 Å². The number of rotatable bonds is 7. The predicted molar refractivity (Wildman–Crippen MR) is 73.5 cm³/mol. The summed E-state index contributed by atoms with van der Waals surface area (Å²) in [7, 11) is 0. The average Bonchev–Trinajstić information content (AvgIpc) is 2.28. The number of aliphatic imine (C=N–C) groups is 1. The van der Waals surface area contributed by atoms with Crippen LogP contribution < -0.4 is 5.73 Å². The lowest BCUT2D eigenvalue weighted by atomic mass is 10.0. The summed E-state index contributed by atoms with van der Waals surface area (Å²) in [5.41, 5.74) is 9.22. The molecule has 0 aliphatic rings. The minimum absolute atomic E-state index is 0.921. The molecule has 0 unspecified atom stereocenters. The summed E-state index contributed by atoms with van der Waals surface area (Å²) in [6.45, 7) is 9.82. The van der Waals surface area contributed by atoms with Gasteiger partial charge in [0.05, 0.1) is 0 Å². The highest BCUT2D eigenvalue weighted by atomic mass is 14.6. The molecule has 0 aliphatic carbocycles. The summed E-state index contributed by atoms with van der Waals surface area (Å²) in [5.74, 6) is 0. The third-order valence-electron chi connectivity index (χ3n) is 2.49. The van der Waals surface area contributed by atoms with E-state index >= 15 is 0 Å². The zero-order valence-electron chi connectivity index (χ0n) is 10.8. The van der Waals surface area contributed by atoms with Gasteiger partial charge in [-0.05, 0) is 50.1 Å². The van der Waals surface area contributed by atoms with Gasteiger partial charge < -0.3 is 5.73 Å². The van der Waals surface area contributed by atoms with Crippen LogP contribution in [-0.4, -0.2) is 6.72 Å². The Bertz CT molecular complexity index is 296. The molecule has 0 rings (SSSR count). The molecule has 0 fully saturated rings. The monoisotopic (exact) mass is 220 g/mol. The number of hydrogen-bond acceptors (Lipinski definition) is 2. The minimum atomic E-state index is 0.921. The van der Waals surface area contributed by atoms with Gasteiger partial charge in [0.25, 0.3) is 0 Å². The molecule has 0 spiro atoms. The Morgan fingerprint density at radius 2 is 2.06 bits per heavy atom. The van der Waals surface area contributed by atoms with Crippen LogP contribution >= 0.6 is 0 Å². The van der Waals surface area contributed by atoms with E-state index in [1.54, 1.807) is 6.20 Å². The SMILES string of the molecule is C=N/C=C(\C=C(\N)CCCC)C(=C/C)/CC. The highest BCUT2D eigenvalue weighted by molar-refractivity contribution is 5.42. The second-order valence-electron chi connectivity index (χ2n) is 3.76. The maximum Gasteiger partial charge on any atom is 0.0336 e. The van der Waals surface area contributed by atoms with Crippen LogP contribution in [0, 0.1) is 0 Å². The number of nitrogens with two attached hydrogens (primary N) is 1. The molecule has 2 heteroatoms. The minimum Gasteiger partial charge on any atom is -0.402 e. The molecule has 0 atom stereocenters. The van der Waals surface area contributed by atoms with E-state index in [2.05, 4.69) is 31.6 Å². The Labute approximate surface area is 99.6 Å². The molecule has 0 saturated heterocycles. The van der Waals surface area contributed by atoms with Gasteiger partial charge in [0, 0.05) is 11.9 Å². The number of allylic oxidation sites excluding steroid dienone is 5. The van der Waals surface area contributed by atoms with Crippen LogP contribution in [0.2, 0.25) is 0 Å². The Kier molecular flexibility index (Phi) is 8.22. The quantitative estimate of drug-likeness (QED) is 0.512. The predicted octanol–water partition coefficient (Wildman–Crippen LogP) is 3.96. The summed E-state index contributed by atoms with van der Waals surface area (Å²) in [6, 6.07) is 0. The largest absolute Gasteiger partial charge is 0.402 e. The van der Waals surface area contributed by atoms with E-state index in [0.717, 1.165) is 37.0 Å². The maximum absolute atomic E-state index is 5.97. The van der Waals surface area contributed by atoms with Crippen LogP contribution in [0.3, 0.4) is 0 Å². The summed E-state index contributed by atoms with van der Waals surface area (Å²) in [4.78, 5) is 3.83. The van der Waals surface area contributed by atoms with Crippen molar-refractivity contribution in [3.63, 3.8) is 0 Å². The second kappa shape index (κ2) is 8.96. The molecule has 2 N–H and O–H groups in total.